The van der Waals surface area contributed by atoms with Gasteiger partial charge >= 0.3 is 86.7 Å². The molecular formula is C6H3LiN2O2Se. The van der Waals surface area contributed by atoms with Crippen molar-refractivity contribution < 1.29 is 28.8 Å². The Kier molecular flexibility index (Phi) is 2.92. The quantitative estimate of drug-likeness (QED) is 0.449. The van der Waals surface area contributed by atoms with Gasteiger partial charge in [0.15, 0.2) is 0 Å². The second-order valence-electron chi connectivity index (χ2n) is 2.13. The van der Waals surface area contributed by atoms with Crippen molar-refractivity contribution in [3.8, 4) is 0 Å². The van der Waals surface area contributed by atoms with Gasteiger partial charge in [0.25, 0.3) is 0 Å². The van der Waals surface area contributed by atoms with Crippen LogP contribution in [-0.4, -0.2) is 31.2 Å². The normalized spacial score (nSPS) is 13.2. The first-order valence-electron chi connectivity index (χ1n) is 2.98. The van der Waals surface area contributed by atoms with Crippen LogP contribution in [0.1, 0.15) is 5.69 Å². The smallest absolute Gasteiger partial charge is 1.00 e. The average Bonchev–Trinajstić information content (AvgIpc) is 2.40. The number of rotatable bonds is 1. The van der Waals surface area contributed by atoms with E-state index < -0.39 is 5.97 Å². The molecule has 0 N–H and O–H groups in total. The van der Waals surface area contributed by atoms with Crippen LogP contribution in [0.25, 0.3) is 0 Å². The van der Waals surface area contributed by atoms with E-state index in [1.54, 1.807) is 5.07 Å². The van der Waals surface area contributed by atoms with Crippen LogP contribution in [0.4, 0.5) is 4.56 Å². The zero-order valence-electron chi connectivity index (χ0n) is 6.40. The monoisotopic (exact) mass is 222 g/mol. The Bertz CT molecular complexity index is 347. The summed E-state index contributed by atoms with van der Waals surface area (Å²) < 4.78 is 0.844. The van der Waals surface area contributed by atoms with Gasteiger partial charge in [0, 0.05) is 0 Å². The molecule has 56 valence electrons. The Balaban J connectivity index is 0.000000720. The number of carbonyl (C=O) groups is 1. The summed E-state index contributed by atoms with van der Waals surface area (Å²) in [5.41, 5.74) is 0.929. The molecule has 1 aromatic heterocycles. The first-order valence-corrected chi connectivity index (χ1v) is 4.83. The molecule has 0 fully saturated rings. The summed E-state index contributed by atoms with van der Waals surface area (Å²) in [6.07, 6.45) is 0.343. The maximum atomic E-state index is 10.3. The molecule has 1 aliphatic rings. The third-order valence-electron chi connectivity index (χ3n) is 1.43. The molecule has 0 aromatic carbocycles. The van der Waals surface area contributed by atoms with E-state index in [1.165, 1.54) is 0 Å². The van der Waals surface area contributed by atoms with Crippen molar-refractivity contribution >= 4 is 30.7 Å². The minimum absolute atomic E-state index is 0. The van der Waals surface area contributed by atoms with E-state index in [9.17, 15) is 9.90 Å². The maximum Gasteiger partial charge on any atom is 1.00 e. The number of carbonyl (C=O) groups excluding carboxylic acids is 1. The van der Waals surface area contributed by atoms with Crippen molar-refractivity contribution in [2.75, 3.05) is 0 Å². The fourth-order valence-electron chi connectivity index (χ4n) is 0.914. The zero-order chi connectivity index (χ0) is 7.84. The molecule has 2 rings (SSSR count). The van der Waals surface area contributed by atoms with Crippen molar-refractivity contribution in [2.24, 2.45) is 4.99 Å². The SMILES string of the molecule is O=C([O-])C1=Nc2[se]cnc2C1.[Li+]. The second-order valence-corrected chi connectivity index (χ2v) is 3.88. The van der Waals surface area contributed by atoms with Crippen LogP contribution in [0.2, 0.25) is 0 Å². The van der Waals surface area contributed by atoms with E-state index >= 15 is 0 Å². The van der Waals surface area contributed by atoms with Crippen molar-refractivity contribution in [1.82, 2.24) is 4.98 Å². The summed E-state index contributed by atoms with van der Waals surface area (Å²) in [6.45, 7) is 0. The standard InChI is InChI=1S/C6H4N2O2Se.Li/c9-6(10)4-1-3-5(8-4)11-2-7-3;/h2H,1H2,(H,9,10);/q;+1/p-1. The molecule has 2 heterocycles. The third kappa shape index (κ3) is 1.55. The van der Waals surface area contributed by atoms with Gasteiger partial charge in [-0.1, -0.05) is 0 Å². The van der Waals surface area contributed by atoms with Gasteiger partial charge in [-0.3, -0.25) is 0 Å². The number of aliphatic imine (C=N–C) groups is 1. The van der Waals surface area contributed by atoms with Crippen LogP contribution < -0.4 is 24.0 Å². The van der Waals surface area contributed by atoms with E-state index in [1.807, 2.05) is 0 Å². The molecule has 0 amide bonds. The van der Waals surface area contributed by atoms with Crippen molar-refractivity contribution in [3.63, 3.8) is 0 Å². The Morgan fingerprint density at radius 2 is 2.42 bits per heavy atom. The zero-order valence-corrected chi connectivity index (χ0v) is 8.12. The number of fused-ring (bicyclic) bond motifs is 1. The largest absolute Gasteiger partial charge is 1.00 e. The van der Waals surface area contributed by atoms with E-state index in [-0.39, 0.29) is 39.1 Å². The molecule has 0 saturated carbocycles. The molecule has 0 unspecified atom stereocenters. The summed E-state index contributed by atoms with van der Waals surface area (Å²) in [5.74, 6) is -1.18. The molecule has 0 aliphatic carbocycles. The minimum Gasteiger partial charge on any atom is 1.00 e. The van der Waals surface area contributed by atoms with Crippen LogP contribution >= 0.6 is 0 Å². The predicted octanol–water partition coefficient (Wildman–Crippen LogP) is -4.48. The van der Waals surface area contributed by atoms with Crippen LogP contribution in [0, 0.1) is 0 Å². The predicted molar refractivity (Wildman–Crippen MR) is 37.0 cm³/mol. The van der Waals surface area contributed by atoms with Gasteiger partial charge in [0.1, 0.15) is 0 Å². The fourth-order valence-corrected chi connectivity index (χ4v) is 2.39. The van der Waals surface area contributed by atoms with Crippen LogP contribution in [0.5, 0.6) is 0 Å². The number of hydrogen-bond acceptors (Lipinski definition) is 4. The average molecular weight is 221 g/mol. The van der Waals surface area contributed by atoms with Gasteiger partial charge in [0.2, 0.25) is 0 Å². The van der Waals surface area contributed by atoms with Gasteiger partial charge in [0.05, 0.1) is 0 Å². The Morgan fingerprint density at radius 3 is 3.00 bits per heavy atom. The third-order valence-corrected chi connectivity index (χ3v) is 3.02. The number of aliphatic carboxylic acids is 1. The van der Waals surface area contributed by atoms with E-state index in [0.29, 0.717) is 6.42 Å². The first-order chi connectivity index (χ1) is 5.27. The van der Waals surface area contributed by atoms with Crippen molar-refractivity contribution in [1.29, 1.82) is 0 Å². The molecule has 0 spiro atoms. The molecule has 0 radical (unpaired) electrons. The van der Waals surface area contributed by atoms with Gasteiger partial charge in [-0.2, -0.15) is 0 Å². The minimum atomic E-state index is -1.18. The van der Waals surface area contributed by atoms with Crippen LogP contribution in [0.15, 0.2) is 10.1 Å². The first kappa shape index (κ1) is 9.75. The molecular weight excluding hydrogens is 218 g/mol. The number of carboxylic acid groups (broad SMARTS) is 1. The summed E-state index contributed by atoms with van der Waals surface area (Å²) in [4.78, 5) is 18.2. The molecule has 0 atom stereocenters. The Hall–Kier alpha value is -0.333. The number of hydrogen-bond donors (Lipinski definition) is 0. The number of carboxylic acids is 1. The van der Waals surface area contributed by atoms with Crippen LogP contribution in [0.3, 0.4) is 0 Å². The molecule has 1 aromatic rings. The molecule has 4 nitrogen and oxygen atoms in total. The maximum absolute atomic E-state index is 10.3. The molecule has 6 heteroatoms. The molecule has 0 saturated heterocycles. The summed E-state index contributed by atoms with van der Waals surface area (Å²) in [7, 11) is 0. The van der Waals surface area contributed by atoms with Crippen molar-refractivity contribution in [3.05, 3.63) is 10.8 Å². The summed E-state index contributed by atoms with van der Waals surface area (Å²) in [5, 5.41) is 12.1. The molecule has 1 aliphatic heterocycles. The topological polar surface area (TPSA) is 65.4 Å². The van der Waals surface area contributed by atoms with Gasteiger partial charge < -0.3 is 0 Å². The summed E-state index contributed by atoms with van der Waals surface area (Å²) in [6, 6.07) is 0. The van der Waals surface area contributed by atoms with E-state index in [4.69, 9.17) is 0 Å². The van der Waals surface area contributed by atoms with Crippen LogP contribution in [-0.2, 0) is 11.2 Å². The van der Waals surface area contributed by atoms with Gasteiger partial charge in [-0.25, -0.2) is 0 Å². The second kappa shape index (κ2) is 3.59. The molecule has 0 bridgehead atoms. The van der Waals surface area contributed by atoms with Crippen molar-refractivity contribution in [2.45, 2.75) is 6.42 Å². The fraction of sp³-hybridized carbons (Fsp3) is 0.167. The number of aromatic nitrogens is 1. The van der Waals surface area contributed by atoms with E-state index in [0.717, 1.165) is 10.3 Å². The van der Waals surface area contributed by atoms with Gasteiger partial charge in [-0.05, 0) is 0 Å². The molecule has 12 heavy (non-hydrogen) atoms. The van der Waals surface area contributed by atoms with Gasteiger partial charge in [-0.15, -0.1) is 0 Å². The van der Waals surface area contributed by atoms with E-state index in [2.05, 4.69) is 9.98 Å². The number of nitrogens with zero attached hydrogens (tertiary/aromatic N) is 2. The summed E-state index contributed by atoms with van der Waals surface area (Å²) >= 11 is 0.145. The Morgan fingerprint density at radius 1 is 1.67 bits per heavy atom. The Labute approximate surface area is 86.6 Å².